The van der Waals surface area contributed by atoms with Crippen molar-refractivity contribution < 1.29 is 20.1 Å². The van der Waals surface area contributed by atoms with Gasteiger partial charge in [-0.15, -0.1) is 0 Å². The Kier molecular flexibility index (Phi) is 1.90. The van der Waals surface area contributed by atoms with E-state index in [1.807, 2.05) is 0 Å². The van der Waals surface area contributed by atoms with Crippen molar-refractivity contribution in [2.24, 2.45) is 0 Å². The molecule has 1 radical (unpaired) electrons. The van der Waals surface area contributed by atoms with Gasteiger partial charge in [0.2, 0.25) is 0 Å². The molecule has 2 rings (SSSR count). The molecule has 1 aliphatic heterocycles. The zero-order chi connectivity index (χ0) is 10.3. The van der Waals surface area contributed by atoms with Crippen molar-refractivity contribution in [3.63, 3.8) is 0 Å². The van der Waals surface area contributed by atoms with E-state index in [1.165, 1.54) is 18.2 Å². The largest absolute Gasteiger partial charge is 0.508 e. The van der Waals surface area contributed by atoms with Gasteiger partial charge in [0.25, 0.3) is 0 Å². The highest BCUT2D eigenvalue weighted by molar-refractivity contribution is 5.44. The van der Waals surface area contributed by atoms with Gasteiger partial charge in [-0.3, -0.25) is 0 Å². The first-order valence-electron chi connectivity index (χ1n) is 4.22. The fraction of sp³-hybridized carbons (Fsp3) is 0.300. The lowest BCUT2D eigenvalue weighted by molar-refractivity contribution is -0.0837. The van der Waals surface area contributed by atoms with Gasteiger partial charge < -0.3 is 20.1 Å². The third-order valence-electron chi connectivity index (χ3n) is 2.28. The summed E-state index contributed by atoms with van der Waals surface area (Å²) in [5.74, 6) is 0.441. The van der Waals surface area contributed by atoms with E-state index in [4.69, 9.17) is 9.84 Å². The third kappa shape index (κ3) is 1.32. The quantitative estimate of drug-likeness (QED) is 0.560. The van der Waals surface area contributed by atoms with E-state index in [2.05, 4.69) is 6.92 Å². The summed E-state index contributed by atoms with van der Waals surface area (Å²) in [5.41, 5.74) is -1.09. The predicted octanol–water partition coefficient (Wildman–Crippen LogP) is 0.383. The Hall–Kier alpha value is -1.26. The van der Waals surface area contributed by atoms with E-state index >= 15 is 0 Å². The maximum Gasteiger partial charge on any atom is 0.129 e. The average Bonchev–Trinajstić information content (AvgIpc) is 2.12. The van der Waals surface area contributed by atoms with Crippen LogP contribution in [0.5, 0.6) is 11.5 Å². The van der Waals surface area contributed by atoms with E-state index in [0.717, 1.165) is 0 Å². The molecule has 1 heterocycles. The van der Waals surface area contributed by atoms with E-state index < -0.39 is 11.7 Å². The SMILES string of the molecule is [CH2]C1(O)COc2cc(O)ccc2C1O. The van der Waals surface area contributed by atoms with Crippen molar-refractivity contribution in [3.05, 3.63) is 30.7 Å². The molecule has 14 heavy (non-hydrogen) atoms. The molecular weight excluding hydrogens is 184 g/mol. The molecular formula is C10H11O4. The van der Waals surface area contributed by atoms with Crippen LogP contribution in [0.1, 0.15) is 11.7 Å². The summed E-state index contributed by atoms with van der Waals surface area (Å²) in [6.07, 6.45) is -1.09. The number of phenolic OH excluding ortho intramolecular Hbond substituents is 1. The van der Waals surface area contributed by atoms with E-state index in [9.17, 15) is 10.2 Å². The van der Waals surface area contributed by atoms with Gasteiger partial charge in [-0.2, -0.15) is 0 Å². The second-order valence-corrected chi connectivity index (χ2v) is 3.52. The number of hydrogen-bond donors (Lipinski definition) is 3. The van der Waals surface area contributed by atoms with Crippen molar-refractivity contribution >= 4 is 0 Å². The van der Waals surface area contributed by atoms with Gasteiger partial charge >= 0.3 is 0 Å². The van der Waals surface area contributed by atoms with Crippen LogP contribution in [0.3, 0.4) is 0 Å². The number of fused-ring (bicyclic) bond motifs is 1. The third-order valence-corrected chi connectivity index (χ3v) is 2.28. The van der Waals surface area contributed by atoms with Gasteiger partial charge in [0.05, 0.1) is 0 Å². The van der Waals surface area contributed by atoms with Gasteiger partial charge in [-0.1, -0.05) is 0 Å². The number of ether oxygens (including phenoxy) is 1. The number of aliphatic hydroxyl groups is 2. The maximum absolute atomic E-state index is 9.71. The van der Waals surface area contributed by atoms with Crippen LogP contribution in [0.15, 0.2) is 18.2 Å². The van der Waals surface area contributed by atoms with Crippen LogP contribution in [0.25, 0.3) is 0 Å². The summed E-state index contributed by atoms with van der Waals surface area (Å²) >= 11 is 0. The molecule has 0 aliphatic carbocycles. The number of rotatable bonds is 0. The van der Waals surface area contributed by atoms with Crippen LogP contribution in [-0.2, 0) is 0 Å². The molecule has 1 aromatic rings. The van der Waals surface area contributed by atoms with Crippen LogP contribution < -0.4 is 4.74 Å². The van der Waals surface area contributed by atoms with Gasteiger partial charge in [-0.05, 0) is 19.1 Å². The fourth-order valence-electron chi connectivity index (χ4n) is 1.45. The first kappa shape index (κ1) is 9.30. The lowest BCUT2D eigenvalue weighted by Gasteiger charge is -2.34. The Balaban J connectivity index is 2.46. The molecule has 0 fully saturated rings. The monoisotopic (exact) mass is 195 g/mol. The molecule has 0 aromatic heterocycles. The summed E-state index contributed by atoms with van der Waals surface area (Å²) in [5, 5.41) is 28.5. The van der Waals surface area contributed by atoms with Crippen molar-refractivity contribution in [3.8, 4) is 11.5 Å². The summed E-state index contributed by atoms with van der Waals surface area (Å²) < 4.78 is 5.16. The van der Waals surface area contributed by atoms with E-state index in [-0.39, 0.29) is 12.4 Å². The van der Waals surface area contributed by atoms with Gasteiger partial charge in [0.15, 0.2) is 0 Å². The van der Waals surface area contributed by atoms with Crippen LogP contribution in [0, 0.1) is 6.92 Å². The molecule has 75 valence electrons. The Morgan fingerprint density at radius 2 is 2.21 bits per heavy atom. The van der Waals surface area contributed by atoms with E-state index in [1.54, 1.807) is 0 Å². The molecule has 0 spiro atoms. The zero-order valence-corrected chi connectivity index (χ0v) is 7.47. The molecule has 0 saturated carbocycles. The molecule has 4 heteroatoms. The zero-order valence-electron chi connectivity index (χ0n) is 7.47. The Bertz CT molecular complexity index is 359. The topological polar surface area (TPSA) is 69.9 Å². The normalized spacial score (nSPS) is 30.6. The standard InChI is InChI=1S/C10H11O4/c1-10(13)5-14-8-4-6(11)2-3-7(8)9(10)12/h2-4,9,11-13H,1,5H2. The summed E-state index contributed by atoms with van der Waals surface area (Å²) in [4.78, 5) is 0. The number of aliphatic hydroxyl groups excluding tert-OH is 1. The highest BCUT2D eigenvalue weighted by Crippen LogP contribution is 2.38. The minimum atomic E-state index is -1.52. The van der Waals surface area contributed by atoms with E-state index in [0.29, 0.717) is 11.3 Å². The summed E-state index contributed by atoms with van der Waals surface area (Å²) in [7, 11) is 0. The number of benzene rings is 1. The van der Waals surface area contributed by atoms with Crippen LogP contribution in [-0.4, -0.2) is 27.5 Å². The summed E-state index contributed by atoms with van der Waals surface area (Å²) in [6.45, 7) is 3.36. The minimum Gasteiger partial charge on any atom is -0.508 e. The molecule has 2 unspecified atom stereocenters. The molecule has 3 N–H and O–H groups in total. The highest BCUT2D eigenvalue weighted by Gasteiger charge is 2.38. The lowest BCUT2D eigenvalue weighted by atomic mass is 9.91. The number of aromatic hydroxyl groups is 1. The molecule has 0 bridgehead atoms. The fourth-order valence-corrected chi connectivity index (χ4v) is 1.45. The average molecular weight is 195 g/mol. The number of hydrogen-bond acceptors (Lipinski definition) is 4. The van der Waals surface area contributed by atoms with Crippen LogP contribution in [0.2, 0.25) is 0 Å². The van der Waals surface area contributed by atoms with Gasteiger partial charge in [-0.25, -0.2) is 0 Å². The molecule has 1 aliphatic rings. The smallest absolute Gasteiger partial charge is 0.129 e. The molecule has 4 nitrogen and oxygen atoms in total. The predicted molar refractivity (Wildman–Crippen MR) is 48.9 cm³/mol. The minimum absolute atomic E-state index is 0.0606. The molecule has 0 amide bonds. The number of phenols is 1. The Morgan fingerprint density at radius 3 is 2.93 bits per heavy atom. The molecule has 1 aromatic carbocycles. The lowest BCUT2D eigenvalue weighted by Crippen LogP contribution is -2.42. The maximum atomic E-state index is 9.71. The van der Waals surface area contributed by atoms with Crippen LogP contribution >= 0.6 is 0 Å². The Morgan fingerprint density at radius 1 is 1.50 bits per heavy atom. The van der Waals surface area contributed by atoms with Crippen molar-refractivity contribution in [1.29, 1.82) is 0 Å². The van der Waals surface area contributed by atoms with Crippen LogP contribution in [0.4, 0.5) is 0 Å². The second kappa shape index (κ2) is 2.87. The van der Waals surface area contributed by atoms with Gasteiger partial charge in [0.1, 0.15) is 29.8 Å². The first-order valence-corrected chi connectivity index (χ1v) is 4.22. The van der Waals surface area contributed by atoms with Gasteiger partial charge in [0, 0.05) is 11.6 Å². The summed E-state index contributed by atoms with van der Waals surface area (Å²) in [6, 6.07) is 4.32. The van der Waals surface area contributed by atoms with Crippen molar-refractivity contribution in [2.45, 2.75) is 11.7 Å². The van der Waals surface area contributed by atoms with Crippen molar-refractivity contribution in [2.75, 3.05) is 6.61 Å². The molecule has 2 atom stereocenters. The first-order chi connectivity index (χ1) is 6.50. The molecule has 0 saturated heterocycles. The second-order valence-electron chi connectivity index (χ2n) is 3.52. The Labute approximate surface area is 81.4 Å². The highest BCUT2D eigenvalue weighted by atomic mass is 16.5. The van der Waals surface area contributed by atoms with Crippen molar-refractivity contribution in [1.82, 2.24) is 0 Å².